The van der Waals surface area contributed by atoms with Gasteiger partial charge in [-0.05, 0) is 44.4 Å². The molecule has 6 nitrogen and oxygen atoms in total. The molecule has 27 heavy (non-hydrogen) atoms. The third kappa shape index (κ3) is 5.18. The first-order valence-corrected chi connectivity index (χ1v) is 9.60. The smallest absolute Gasteiger partial charge is 0.260 e. The van der Waals surface area contributed by atoms with Crippen molar-refractivity contribution < 1.29 is 9.53 Å². The summed E-state index contributed by atoms with van der Waals surface area (Å²) >= 11 is 0. The highest BCUT2D eigenvalue weighted by atomic mass is 16.5. The number of aryl methyl sites for hydroxylation is 1. The Balaban J connectivity index is 1.48. The molecule has 0 spiro atoms. The molecular weight excluding hydrogens is 342 g/mol. The Morgan fingerprint density at radius 2 is 2.11 bits per heavy atom. The first-order chi connectivity index (χ1) is 13.0. The molecule has 1 aliphatic rings. The Hall–Kier alpha value is -2.63. The van der Waals surface area contributed by atoms with Gasteiger partial charge >= 0.3 is 0 Å². The molecule has 1 amide bonds. The number of ether oxygens (including phenoxy) is 1. The van der Waals surface area contributed by atoms with Crippen LogP contribution >= 0.6 is 0 Å². The predicted octanol–water partition coefficient (Wildman–Crippen LogP) is 2.79. The van der Waals surface area contributed by atoms with E-state index in [2.05, 4.69) is 10.3 Å². The third-order valence-electron chi connectivity index (χ3n) is 5.00. The number of benzene rings is 1. The van der Waals surface area contributed by atoms with Crippen LogP contribution in [0, 0.1) is 6.92 Å². The summed E-state index contributed by atoms with van der Waals surface area (Å²) in [6.07, 6.45) is 5.64. The van der Waals surface area contributed by atoms with Crippen molar-refractivity contribution in [3.05, 3.63) is 58.3 Å². The van der Waals surface area contributed by atoms with Gasteiger partial charge in [0, 0.05) is 25.1 Å². The average Bonchev–Trinajstić information content (AvgIpc) is 3.17. The van der Waals surface area contributed by atoms with Gasteiger partial charge in [0.25, 0.3) is 11.5 Å². The van der Waals surface area contributed by atoms with Gasteiger partial charge in [-0.15, -0.1) is 0 Å². The molecule has 0 radical (unpaired) electrons. The van der Waals surface area contributed by atoms with Gasteiger partial charge in [-0.2, -0.15) is 0 Å². The second-order valence-corrected chi connectivity index (χ2v) is 7.19. The summed E-state index contributed by atoms with van der Waals surface area (Å²) in [6, 6.07) is 9.22. The summed E-state index contributed by atoms with van der Waals surface area (Å²) in [6.45, 7) is 4.42. The molecule has 1 heterocycles. The molecule has 1 unspecified atom stereocenters. The number of hydrogen-bond acceptors (Lipinski definition) is 4. The van der Waals surface area contributed by atoms with Gasteiger partial charge in [-0.25, -0.2) is 4.98 Å². The van der Waals surface area contributed by atoms with Crippen molar-refractivity contribution in [3.63, 3.8) is 0 Å². The standard InChI is InChI=1S/C21H27N3O3/c1-15-6-5-9-18(12-15)27-16(2)21(26)22-10-11-24-14-23-19(13-20(24)25)17-7-3-4-8-17/h5-6,9,12-14,16-17H,3-4,7-8,10-11H2,1-2H3,(H,22,26). The van der Waals surface area contributed by atoms with Gasteiger partial charge in [0.2, 0.25) is 0 Å². The van der Waals surface area contributed by atoms with Crippen molar-refractivity contribution in [1.82, 2.24) is 14.9 Å². The summed E-state index contributed by atoms with van der Waals surface area (Å²) in [7, 11) is 0. The number of carbonyl (C=O) groups excluding carboxylic acids is 1. The van der Waals surface area contributed by atoms with Gasteiger partial charge < -0.3 is 10.1 Å². The lowest BCUT2D eigenvalue weighted by molar-refractivity contribution is -0.127. The van der Waals surface area contributed by atoms with Crippen molar-refractivity contribution in [2.75, 3.05) is 6.54 Å². The van der Waals surface area contributed by atoms with Crippen molar-refractivity contribution in [2.24, 2.45) is 0 Å². The van der Waals surface area contributed by atoms with Gasteiger partial charge in [-0.3, -0.25) is 14.2 Å². The molecule has 1 fully saturated rings. The van der Waals surface area contributed by atoms with Crippen molar-refractivity contribution in [2.45, 2.75) is 58.1 Å². The maximum atomic E-state index is 12.3. The lowest BCUT2D eigenvalue weighted by atomic mass is 10.0. The van der Waals surface area contributed by atoms with E-state index in [-0.39, 0.29) is 11.5 Å². The number of carbonyl (C=O) groups is 1. The second kappa shape index (κ2) is 8.84. The van der Waals surface area contributed by atoms with Crippen LogP contribution in [-0.2, 0) is 11.3 Å². The molecule has 2 aromatic rings. The van der Waals surface area contributed by atoms with Gasteiger partial charge in [0.1, 0.15) is 5.75 Å². The van der Waals surface area contributed by atoms with Crippen molar-refractivity contribution in [3.8, 4) is 5.75 Å². The number of hydrogen-bond donors (Lipinski definition) is 1. The van der Waals surface area contributed by atoms with Gasteiger partial charge in [0.05, 0.1) is 12.0 Å². The number of amides is 1. The average molecular weight is 369 g/mol. The fourth-order valence-corrected chi connectivity index (χ4v) is 3.44. The minimum Gasteiger partial charge on any atom is -0.481 e. The highest BCUT2D eigenvalue weighted by Gasteiger charge is 2.19. The first kappa shape index (κ1) is 19.1. The van der Waals surface area contributed by atoms with E-state index in [1.165, 1.54) is 17.4 Å². The number of nitrogens with zero attached hydrogens (tertiary/aromatic N) is 2. The van der Waals surface area contributed by atoms with E-state index in [0.29, 0.717) is 24.8 Å². The molecule has 6 heteroatoms. The number of aromatic nitrogens is 2. The molecule has 1 aliphatic carbocycles. The molecule has 1 aromatic carbocycles. The minimum absolute atomic E-state index is 0.0646. The van der Waals surface area contributed by atoms with Crippen LogP contribution in [0.25, 0.3) is 0 Å². The zero-order valence-electron chi connectivity index (χ0n) is 16.0. The lowest BCUT2D eigenvalue weighted by Crippen LogP contribution is -2.38. The molecular formula is C21H27N3O3. The van der Waals surface area contributed by atoms with E-state index < -0.39 is 6.10 Å². The molecule has 3 rings (SSSR count). The molecule has 1 atom stereocenters. The van der Waals surface area contributed by atoms with E-state index in [4.69, 9.17) is 4.74 Å². The Bertz CT molecular complexity index is 841. The summed E-state index contributed by atoms with van der Waals surface area (Å²) in [5.41, 5.74) is 1.91. The topological polar surface area (TPSA) is 73.2 Å². The number of rotatable bonds is 7. The molecule has 0 bridgehead atoms. The monoisotopic (exact) mass is 369 g/mol. The predicted molar refractivity (Wildman–Crippen MR) is 104 cm³/mol. The third-order valence-corrected chi connectivity index (χ3v) is 5.00. The van der Waals surface area contributed by atoms with Crippen LogP contribution < -0.4 is 15.6 Å². The highest BCUT2D eigenvalue weighted by molar-refractivity contribution is 5.80. The Morgan fingerprint density at radius 3 is 2.81 bits per heavy atom. The van der Waals surface area contributed by atoms with E-state index in [1.807, 2.05) is 31.2 Å². The van der Waals surface area contributed by atoms with Crippen LogP contribution in [0.4, 0.5) is 0 Å². The summed E-state index contributed by atoms with van der Waals surface area (Å²) in [5, 5.41) is 2.81. The van der Waals surface area contributed by atoms with Crippen molar-refractivity contribution >= 4 is 5.91 Å². The lowest BCUT2D eigenvalue weighted by Gasteiger charge is -2.15. The Kier molecular flexibility index (Phi) is 6.27. The molecule has 1 aromatic heterocycles. The summed E-state index contributed by atoms with van der Waals surface area (Å²) in [4.78, 5) is 28.9. The van der Waals surface area contributed by atoms with Crippen LogP contribution in [-0.4, -0.2) is 28.1 Å². The Labute approximate surface area is 159 Å². The highest BCUT2D eigenvalue weighted by Crippen LogP contribution is 2.32. The fraction of sp³-hybridized carbons (Fsp3) is 0.476. The zero-order chi connectivity index (χ0) is 19.2. The van der Waals surface area contributed by atoms with E-state index in [1.54, 1.807) is 19.3 Å². The zero-order valence-corrected chi connectivity index (χ0v) is 16.0. The molecule has 0 saturated heterocycles. The normalized spacial score (nSPS) is 15.5. The second-order valence-electron chi connectivity index (χ2n) is 7.19. The van der Waals surface area contributed by atoms with Crippen LogP contribution in [0.15, 0.2) is 41.5 Å². The molecule has 1 saturated carbocycles. The van der Waals surface area contributed by atoms with Gasteiger partial charge in [0.15, 0.2) is 6.10 Å². The SMILES string of the molecule is Cc1cccc(OC(C)C(=O)NCCn2cnc(C3CCCC3)cc2=O)c1. The summed E-state index contributed by atoms with van der Waals surface area (Å²) in [5.74, 6) is 0.882. The number of nitrogens with one attached hydrogen (secondary N) is 1. The Morgan fingerprint density at radius 1 is 1.33 bits per heavy atom. The molecule has 0 aliphatic heterocycles. The maximum Gasteiger partial charge on any atom is 0.260 e. The minimum atomic E-state index is -0.605. The van der Waals surface area contributed by atoms with Crippen LogP contribution in [0.5, 0.6) is 5.75 Å². The van der Waals surface area contributed by atoms with Crippen molar-refractivity contribution in [1.29, 1.82) is 0 Å². The summed E-state index contributed by atoms with van der Waals surface area (Å²) < 4.78 is 7.20. The molecule has 1 N–H and O–H groups in total. The largest absolute Gasteiger partial charge is 0.481 e. The van der Waals surface area contributed by atoms with Crippen LogP contribution in [0.1, 0.15) is 49.8 Å². The van der Waals surface area contributed by atoms with E-state index >= 15 is 0 Å². The van der Waals surface area contributed by atoms with Crippen LogP contribution in [0.3, 0.4) is 0 Å². The fourth-order valence-electron chi connectivity index (χ4n) is 3.44. The maximum absolute atomic E-state index is 12.3. The van der Waals surface area contributed by atoms with E-state index in [0.717, 1.165) is 24.1 Å². The van der Waals surface area contributed by atoms with E-state index in [9.17, 15) is 9.59 Å². The first-order valence-electron chi connectivity index (χ1n) is 9.60. The van der Waals surface area contributed by atoms with Gasteiger partial charge in [-0.1, -0.05) is 25.0 Å². The van der Waals surface area contributed by atoms with Crippen LogP contribution in [0.2, 0.25) is 0 Å². The quantitative estimate of drug-likeness (QED) is 0.814. The molecule has 144 valence electrons.